The van der Waals surface area contributed by atoms with Gasteiger partial charge in [0.1, 0.15) is 0 Å². The minimum Gasteiger partial charge on any atom is -0.308 e. The van der Waals surface area contributed by atoms with Gasteiger partial charge in [0.25, 0.3) is 0 Å². The van der Waals surface area contributed by atoms with Crippen molar-refractivity contribution < 1.29 is 0 Å². The Morgan fingerprint density at radius 1 is 0.390 bits per heavy atom. The zero-order chi connectivity index (χ0) is 38.2. The molecular formula is C54H25N3S2. The third-order valence-corrected chi connectivity index (χ3v) is 17.2. The molecule has 0 amide bonds. The third-order valence-electron chi connectivity index (χ3n) is 14.9. The number of nitriles is 2. The largest absolute Gasteiger partial charge is 0.308 e. The average molecular weight is 780 g/mol. The maximum absolute atomic E-state index is 11.2. The summed E-state index contributed by atoms with van der Waals surface area (Å²) in [6.07, 6.45) is 0. The summed E-state index contributed by atoms with van der Waals surface area (Å²) in [7, 11) is 0. The van der Waals surface area contributed by atoms with Gasteiger partial charge in [0.05, 0.1) is 39.8 Å². The van der Waals surface area contributed by atoms with E-state index in [0.29, 0.717) is 0 Å². The minimum absolute atomic E-state index is 0.000654. The Bertz CT molecular complexity index is 3740. The van der Waals surface area contributed by atoms with Gasteiger partial charge in [-0.1, -0.05) is 103 Å². The van der Waals surface area contributed by atoms with Crippen molar-refractivity contribution in [2.75, 3.05) is 0 Å². The van der Waals surface area contributed by atoms with Crippen molar-refractivity contribution in [1.82, 2.24) is 4.40 Å². The molecule has 0 saturated carbocycles. The van der Waals surface area contributed by atoms with Crippen LogP contribution in [0.25, 0.3) is 67.7 Å². The SMILES string of the molecule is N#Cc1cc2c(c3c1C1c4ccccc4C3c3ccccc31)c1c3sc4cccc5sc(c3c45)c3c4c5c(c(C#N)cc4n2c13)C1c2ccccc2C5c2ccccc21. The molecule has 268 valence electrons. The number of rotatable bonds is 0. The summed E-state index contributed by atoms with van der Waals surface area (Å²) in [6, 6.07) is 52.5. The fourth-order valence-corrected chi connectivity index (χ4v) is 15.8. The second-order valence-electron chi connectivity index (χ2n) is 17.1. The lowest BCUT2D eigenvalue weighted by atomic mass is 9.59. The second-order valence-corrected chi connectivity index (χ2v) is 19.2. The molecule has 0 atom stereocenters. The first-order chi connectivity index (χ1) is 29.2. The van der Waals surface area contributed by atoms with Crippen LogP contribution in [0.4, 0.5) is 0 Å². The molecule has 0 N–H and O–H groups in total. The van der Waals surface area contributed by atoms with E-state index in [-0.39, 0.29) is 23.7 Å². The number of nitrogens with zero attached hydrogens (tertiary/aromatic N) is 3. The first-order valence-electron chi connectivity index (χ1n) is 20.4. The van der Waals surface area contributed by atoms with Crippen molar-refractivity contribution in [3.05, 3.63) is 205 Å². The number of aromatic nitrogens is 1. The normalized spacial score (nSPS) is 19.2. The Morgan fingerprint density at radius 2 is 0.746 bits per heavy atom. The van der Waals surface area contributed by atoms with Gasteiger partial charge in [0.15, 0.2) is 0 Å². The molecule has 12 aromatic rings. The van der Waals surface area contributed by atoms with Crippen LogP contribution in [0, 0.1) is 22.7 Å². The molecule has 0 spiro atoms. The summed E-state index contributed by atoms with van der Waals surface area (Å²) < 4.78 is 7.82. The average Bonchev–Trinajstić information content (AvgIpc) is 4.06. The lowest BCUT2D eigenvalue weighted by Crippen LogP contribution is -2.28. The topological polar surface area (TPSA) is 52.0 Å². The molecule has 0 saturated heterocycles. The first kappa shape index (κ1) is 30.1. The summed E-state index contributed by atoms with van der Waals surface area (Å²) in [6.45, 7) is 0. The molecule has 0 unspecified atom stereocenters. The molecule has 4 bridgehead atoms. The van der Waals surface area contributed by atoms with Gasteiger partial charge in [-0.25, -0.2) is 0 Å². The molecular weight excluding hydrogens is 755 g/mol. The highest BCUT2D eigenvalue weighted by Crippen LogP contribution is 2.64. The third kappa shape index (κ3) is 3.09. The van der Waals surface area contributed by atoms with Crippen LogP contribution in [0.2, 0.25) is 0 Å². The highest BCUT2D eigenvalue weighted by molar-refractivity contribution is 7.33. The molecule has 0 fully saturated rings. The van der Waals surface area contributed by atoms with Gasteiger partial charge in [-0.05, 0) is 91.0 Å². The second kappa shape index (κ2) is 9.80. The zero-order valence-corrected chi connectivity index (χ0v) is 32.7. The monoisotopic (exact) mass is 779 g/mol. The number of hydrogen-bond acceptors (Lipinski definition) is 4. The molecule has 6 aliphatic carbocycles. The van der Waals surface area contributed by atoms with E-state index < -0.39 is 0 Å². The number of benzene rings is 8. The van der Waals surface area contributed by atoms with E-state index in [4.69, 9.17) is 0 Å². The van der Waals surface area contributed by atoms with E-state index in [1.807, 2.05) is 22.7 Å². The van der Waals surface area contributed by atoms with Crippen molar-refractivity contribution in [3.8, 4) is 12.1 Å². The Morgan fingerprint density at radius 3 is 1.10 bits per heavy atom. The van der Waals surface area contributed by atoms with Crippen molar-refractivity contribution in [2.24, 2.45) is 0 Å². The highest BCUT2D eigenvalue weighted by atomic mass is 32.1. The number of hydrogen-bond donors (Lipinski definition) is 0. The zero-order valence-electron chi connectivity index (χ0n) is 31.1. The highest BCUT2D eigenvalue weighted by Gasteiger charge is 2.47. The van der Waals surface area contributed by atoms with E-state index in [1.165, 1.54) is 123 Å². The quantitative estimate of drug-likeness (QED) is 0.154. The number of fused-ring (bicyclic) bond motifs is 8. The molecule has 0 radical (unpaired) electrons. The maximum atomic E-state index is 11.2. The summed E-state index contributed by atoms with van der Waals surface area (Å²) >= 11 is 3.85. The van der Waals surface area contributed by atoms with Crippen LogP contribution < -0.4 is 0 Å². The maximum Gasteiger partial charge on any atom is 0.0995 e. The van der Waals surface area contributed by atoms with Gasteiger partial charge >= 0.3 is 0 Å². The van der Waals surface area contributed by atoms with E-state index in [2.05, 4.69) is 144 Å². The summed E-state index contributed by atoms with van der Waals surface area (Å²) in [5, 5.41) is 30.4. The van der Waals surface area contributed by atoms with Crippen LogP contribution in [0.5, 0.6) is 0 Å². The van der Waals surface area contributed by atoms with Crippen LogP contribution in [-0.2, 0) is 0 Å². The first-order valence-corrected chi connectivity index (χ1v) is 22.0. The Hall–Kier alpha value is -7.02. The van der Waals surface area contributed by atoms with Gasteiger partial charge in [-0.2, -0.15) is 10.5 Å². The molecule has 5 heteroatoms. The van der Waals surface area contributed by atoms with Gasteiger partial charge in [0.2, 0.25) is 0 Å². The Labute approximate surface area is 344 Å². The molecule has 0 aliphatic heterocycles. The molecule has 59 heavy (non-hydrogen) atoms. The van der Waals surface area contributed by atoms with E-state index in [9.17, 15) is 10.5 Å². The van der Waals surface area contributed by atoms with Gasteiger partial charge in [-0.15, -0.1) is 22.7 Å². The van der Waals surface area contributed by atoms with Crippen LogP contribution in [0.15, 0.2) is 127 Å². The van der Waals surface area contributed by atoms with Crippen LogP contribution in [0.3, 0.4) is 0 Å². The van der Waals surface area contributed by atoms with E-state index in [0.717, 1.165) is 22.2 Å². The summed E-state index contributed by atoms with van der Waals surface area (Å²) in [5.74, 6) is -0.0312. The lowest BCUT2D eigenvalue weighted by Gasteiger charge is -2.43. The predicted molar refractivity (Wildman–Crippen MR) is 240 cm³/mol. The molecule has 8 aromatic carbocycles. The van der Waals surface area contributed by atoms with Crippen LogP contribution in [0.1, 0.15) is 102 Å². The van der Waals surface area contributed by atoms with Crippen molar-refractivity contribution >= 4 is 90.3 Å². The smallest absolute Gasteiger partial charge is 0.0995 e. The molecule has 18 rings (SSSR count). The van der Waals surface area contributed by atoms with Crippen molar-refractivity contribution in [3.63, 3.8) is 0 Å². The fourth-order valence-electron chi connectivity index (χ4n) is 13.1. The molecule has 6 aliphatic rings. The van der Waals surface area contributed by atoms with Gasteiger partial charge < -0.3 is 4.40 Å². The standard InChI is InChI=1S/C54H25N3S2/c55-22-24-20-34-44(47-38(24)40-26-10-1-5-14-30(26)42(47)31-15-6-2-11-27(31)40)49-52-50(54-51-46-36(58-53(49)51)18-9-19-37(46)59-54)45-35(57(34)52)21-25(23-56)39-41-28-12-3-7-16-32(28)43(48(39)45)33-17-8-4-13-29(33)41/h1-21,40-43H. The van der Waals surface area contributed by atoms with Crippen LogP contribution in [-0.4, -0.2) is 4.40 Å². The summed E-state index contributed by atoms with van der Waals surface area (Å²) in [5.41, 5.74) is 20.4. The molecule has 3 nitrogen and oxygen atoms in total. The van der Waals surface area contributed by atoms with E-state index >= 15 is 0 Å². The molecule has 4 heterocycles. The lowest BCUT2D eigenvalue weighted by molar-refractivity contribution is 0.758. The van der Waals surface area contributed by atoms with Crippen molar-refractivity contribution in [2.45, 2.75) is 23.7 Å². The fraction of sp³-hybridized carbons (Fsp3) is 0.0741. The van der Waals surface area contributed by atoms with Gasteiger partial charge in [-0.3, -0.25) is 0 Å². The van der Waals surface area contributed by atoms with Crippen molar-refractivity contribution in [1.29, 1.82) is 10.5 Å². The number of thiophene rings is 2. The summed E-state index contributed by atoms with van der Waals surface area (Å²) in [4.78, 5) is 0. The predicted octanol–water partition coefficient (Wildman–Crippen LogP) is 13.6. The van der Waals surface area contributed by atoms with Gasteiger partial charge in [0, 0.05) is 74.8 Å². The Kier molecular flexibility index (Phi) is 5.00. The van der Waals surface area contributed by atoms with E-state index in [1.54, 1.807) is 0 Å². The Balaban J connectivity index is 1.18. The van der Waals surface area contributed by atoms with Crippen LogP contribution >= 0.6 is 22.7 Å². The molecule has 4 aromatic heterocycles. The minimum atomic E-state index is -0.0162.